The molecule has 0 atom stereocenters. The van der Waals surface area contributed by atoms with Crippen molar-refractivity contribution in [2.24, 2.45) is 0 Å². The van der Waals surface area contributed by atoms with Crippen LogP contribution in [0.3, 0.4) is 0 Å². The van der Waals surface area contributed by atoms with Crippen LogP contribution in [0.25, 0.3) is 0 Å². The van der Waals surface area contributed by atoms with E-state index in [0.717, 1.165) is 34.9 Å². The number of nitrogens with zero attached hydrogens (tertiary/aromatic N) is 1. The first-order valence-corrected chi connectivity index (χ1v) is 7.35. The number of nitrogens with one attached hydrogen (secondary N) is 1. The van der Waals surface area contributed by atoms with E-state index in [-0.39, 0.29) is 0 Å². The van der Waals surface area contributed by atoms with Crippen LogP contribution in [0.5, 0.6) is 5.75 Å². The Morgan fingerprint density at radius 2 is 2.00 bits per heavy atom. The van der Waals surface area contributed by atoms with Crippen molar-refractivity contribution in [3.63, 3.8) is 0 Å². The summed E-state index contributed by atoms with van der Waals surface area (Å²) >= 11 is 0. The molecule has 0 aliphatic heterocycles. The summed E-state index contributed by atoms with van der Waals surface area (Å²) in [5, 5.41) is 7.40. The first-order valence-electron chi connectivity index (χ1n) is 7.35. The molecule has 4 heteroatoms. The zero-order valence-corrected chi connectivity index (χ0v) is 13.5. The third kappa shape index (κ3) is 3.85. The molecule has 0 bridgehead atoms. The molecule has 2 rings (SSSR count). The topological polar surface area (TPSA) is 47.3 Å². The molecule has 1 N–H and O–H groups in total. The maximum Gasteiger partial charge on any atom is 0.140 e. The number of hydrogen-bond acceptors (Lipinski definition) is 4. The van der Waals surface area contributed by atoms with E-state index in [4.69, 9.17) is 9.26 Å². The predicted molar refractivity (Wildman–Crippen MR) is 83.5 cm³/mol. The highest BCUT2D eigenvalue weighted by molar-refractivity contribution is 5.41. The molecule has 1 aromatic carbocycles. The molecular formula is C17H24N2O2. The summed E-state index contributed by atoms with van der Waals surface area (Å²) in [7, 11) is 0. The van der Waals surface area contributed by atoms with Crippen LogP contribution < -0.4 is 10.1 Å². The fourth-order valence-electron chi connectivity index (χ4n) is 2.23. The van der Waals surface area contributed by atoms with Crippen molar-refractivity contribution in [2.45, 2.75) is 53.8 Å². The minimum absolute atomic E-state index is 0.445. The molecule has 0 amide bonds. The SMILES string of the molecule is Cc1cccc(CNC(C)C)c1OCc1c(C)noc1C. The van der Waals surface area contributed by atoms with Gasteiger partial charge in [0.15, 0.2) is 0 Å². The maximum absolute atomic E-state index is 6.07. The van der Waals surface area contributed by atoms with Gasteiger partial charge in [-0.25, -0.2) is 0 Å². The highest BCUT2D eigenvalue weighted by atomic mass is 16.5. The number of ether oxygens (including phenoxy) is 1. The number of aromatic nitrogens is 1. The average Bonchev–Trinajstić information content (AvgIpc) is 2.75. The maximum atomic E-state index is 6.07. The second-order valence-electron chi connectivity index (χ2n) is 5.69. The van der Waals surface area contributed by atoms with Crippen molar-refractivity contribution in [1.82, 2.24) is 10.5 Å². The minimum atomic E-state index is 0.445. The Kier molecular flexibility index (Phi) is 5.02. The Balaban J connectivity index is 2.15. The summed E-state index contributed by atoms with van der Waals surface area (Å²) < 4.78 is 11.2. The van der Waals surface area contributed by atoms with Gasteiger partial charge in [0.2, 0.25) is 0 Å². The number of aryl methyl sites for hydroxylation is 3. The molecule has 1 heterocycles. The third-order valence-corrected chi connectivity index (χ3v) is 3.54. The molecule has 2 aromatic rings. The zero-order chi connectivity index (χ0) is 15.4. The monoisotopic (exact) mass is 288 g/mol. The van der Waals surface area contributed by atoms with Crippen molar-refractivity contribution < 1.29 is 9.26 Å². The number of para-hydroxylation sites is 1. The molecule has 0 aliphatic rings. The van der Waals surface area contributed by atoms with Gasteiger partial charge in [-0.3, -0.25) is 0 Å². The van der Waals surface area contributed by atoms with Gasteiger partial charge in [0.25, 0.3) is 0 Å². The fraction of sp³-hybridized carbons (Fsp3) is 0.471. The van der Waals surface area contributed by atoms with E-state index >= 15 is 0 Å². The zero-order valence-electron chi connectivity index (χ0n) is 13.5. The molecule has 0 fully saturated rings. The van der Waals surface area contributed by atoms with E-state index in [0.29, 0.717) is 12.6 Å². The standard InChI is InChI=1S/C17H24N2O2/c1-11(2)18-9-15-8-6-7-12(3)17(15)20-10-16-13(4)19-21-14(16)5/h6-8,11,18H,9-10H2,1-5H3. The number of hydrogen-bond donors (Lipinski definition) is 1. The van der Waals surface area contributed by atoms with Crippen molar-refractivity contribution in [1.29, 1.82) is 0 Å². The van der Waals surface area contributed by atoms with Crippen molar-refractivity contribution >= 4 is 0 Å². The number of benzene rings is 1. The van der Waals surface area contributed by atoms with Gasteiger partial charge in [0.05, 0.1) is 11.3 Å². The fourth-order valence-corrected chi connectivity index (χ4v) is 2.23. The van der Waals surface area contributed by atoms with E-state index in [1.165, 1.54) is 5.56 Å². The van der Waals surface area contributed by atoms with Crippen LogP contribution in [-0.2, 0) is 13.2 Å². The smallest absolute Gasteiger partial charge is 0.140 e. The predicted octanol–water partition coefficient (Wildman–Crippen LogP) is 3.68. The number of rotatable bonds is 6. The van der Waals surface area contributed by atoms with Gasteiger partial charge >= 0.3 is 0 Å². The molecule has 0 aliphatic carbocycles. The quantitative estimate of drug-likeness (QED) is 0.881. The molecule has 0 unspecified atom stereocenters. The first-order chi connectivity index (χ1) is 9.99. The highest BCUT2D eigenvalue weighted by Gasteiger charge is 2.12. The van der Waals surface area contributed by atoms with Gasteiger partial charge in [0, 0.05) is 18.2 Å². The lowest BCUT2D eigenvalue weighted by Gasteiger charge is -2.16. The lowest BCUT2D eigenvalue weighted by molar-refractivity contribution is 0.295. The first kappa shape index (κ1) is 15.6. The minimum Gasteiger partial charge on any atom is -0.488 e. The van der Waals surface area contributed by atoms with Crippen LogP contribution in [0, 0.1) is 20.8 Å². The van der Waals surface area contributed by atoms with E-state index < -0.39 is 0 Å². The molecule has 21 heavy (non-hydrogen) atoms. The van der Waals surface area contributed by atoms with Crippen LogP contribution in [0.2, 0.25) is 0 Å². The van der Waals surface area contributed by atoms with E-state index in [1.54, 1.807) is 0 Å². The lowest BCUT2D eigenvalue weighted by Crippen LogP contribution is -2.22. The molecule has 0 saturated heterocycles. The normalized spacial score (nSPS) is 11.1. The lowest BCUT2D eigenvalue weighted by atomic mass is 10.1. The van der Waals surface area contributed by atoms with Crippen LogP contribution in [0.4, 0.5) is 0 Å². The molecule has 0 spiro atoms. The largest absolute Gasteiger partial charge is 0.488 e. The van der Waals surface area contributed by atoms with Gasteiger partial charge in [-0.1, -0.05) is 37.2 Å². The second-order valence-corrected chi connectivity index (χ2v) is 5.69. The van der Waals surface area contributed by atoms with Crippen molar-refractivity contribution in [3.8, 4) is 5.75 Å². The van der Waals surface area contributed by atoms with Gasteiger partial charge in [-0.15, -0.1) is 0 Å². The Morgan fingerprint density at radius 3 is 2.62 bits per heavy atom. The summed E-state index contributed by atoms with van der Waals surface area (Å²) in [4.78, 5) is 0. The third-order valence-electron chi connectivity index (χ3n) is 3.54. The van der Waals surface area contributed by atoms with Gasteiger partial charge in [0.1, 0.15) is 18.1 Å². The van der Waals surface area contributed by atoms with Crippen LogP contribution >= 0.6 is 0 Å². The highest BCUT2D eigenvalue weighted by Crippen LogP contribution is 2.25. The van der Waals surface area contributed by atoms with Crippen LogP contribution in [-0.4, -0.2) is 11.2 Å². The van der Waals surface area contributed by atoms with Gasteiger partial charge < -0.3 is 14.6 Å². The van der Waals surface area contributed by atoms with Crippen molar-refractivity contribution in [3.05, 3.63) is 46.3 Å². The summed E-state index contributed by atoms with van der Waals surface area (Å²) in [6, 6.07) is 6.68. The molecule has 4 nitrogen and oxygen atoms in total. The van der Waals surface area contributed by atoms with Crippen LogP contribution in [0.15, 0.2) is 22.7 Å². The van der Waals surface area contributed by atoms with Gasteiger partial charge in [-0.05, 0) is 26.3 Å². The van der Waals surface area contributed by atoms with E-state index in [2.05, 4.69) is 49.4 Å². The Bertz CT molecular complexity index is 583. The van der Waals surface area contributed by atoms with E-state index in [9.17, 15) is 0 Å². The molecular weight excluding hydrogens is 264 g/mol. The Morgan fingerprint density at radius 1 is 1.24 bits per heavy atom. The summed E-state index contributed by atoms with van der Waals surface area (Å²) in [5.41, 5.74) is 4.24. The summed E-state index contributed by atoms with van der Waals surface area (Å²) in [6.07, 6.45) is 0. The Hall–Kier alpha value is -1.81. The molecule has 1 aromatic heterocycles. The van der Waals surface area contributed by atoms with E-state index in [1.807, 2.05) is 13.8 Å². The average molecular weight is 288 g/mol. The van der Waals surface area contributed by atoms with Crippen LogP contribution in [0.1, 0.15) is 42.0 Å². The summed E-state index contributed by atoms with van der Waals surface area (Å²) in [5.74, 6) is 1.77. The molecule has 114 valence electrons. The molecule has 0 saturated carbocycles. The summed E-state index contributed by atoms with van der Waals surface area (Å²) in [6.45, 7) is 11.5. The molecule has 0 radical (unpaired) electrons. The second kappa shape index (κ2) is 6.76. The van der Waals surface area contributed by atoms with Gasteiger partial charge in [-0.2, -0.15) is 0 Å². The Labute approximate surface area is 126 Å². The van der Waals surface area contributed by atoms with Crippen molar-refractivity contribution in [2.75, 3.05) is 0 Å².